The Morgan fingerprint density at radius 2 is 1.61 bits per heavy atom. The van der Waals surface area contributed by atoms with Crippen LogP contribution in [0.4, 0.5) is 5.69 Å². The summed E-state index contributed by atoms with van der Waals surface area (Å²) in [5, 5.41) is 16.2. The van der Waals surface area contributed by atoms with Gasteiger partial charge in [-0.25, -0.2) is 4.98 Å². The van der Waals surface area contributed by atoms with Gasteiger partial charge >= 0.3 is 50.5 Å². The van der Waals surface area contributed by atoms with Gasteiger partial charge < -0.3 is 14.8 Å². The van der Waals surface area contributed by atoms with E-state index in [2.05, 4.69) is 102 Å². The zero-order valence-electron chi connectivity index (χ0n) is 14.4. The molecule has 0 unspecified atom stereocenters. The first-order chi connectivity index (χ1) is 13.7. The van der Waals surface area contributed by atoms with Gasteiger partial charge in [-0.3, -0.25) is 4.99 Å². The molecular weight excluding hydrogens is 948 g/mol. The average Bonchev–Trinajstić information content (AvgIpc) is 3.38. The summed E-state index contributed by atoms with van der Waals surface area (Å²) in [5.41, 5.74) is 4.37. The SMILES string of the molecule is C1=Nc2ccccc2C1.II.I[I-]I.OCCl.OCn1cnc2ccccc21. The van der Waals surface area contributed by atoms with Crippen molar-refractivity contribution in [3.8, 4) is 0 Å². The third-order valence-corrected chi connectivity index (χ3v) is 3.21. The van der Waals surface area contributed by atoms with Gasteiger partial charge in [0.25, 0.3) is 0 Å². The molecule has 1 aliphatic rings. The van der Waals surface area contributed by atoms with Crippen LogP contribution in [-0.2, 0) is 13.2 Å². The van der Waals surface area contributed by atoms with Gasteiger partial charge in [0.2, 0.25) is 0 Å². The predicted molar refractivity (Wildman–Crippen MR) is 149 cm³/mol. The summed E-state index contributed by atoms with van der Waals surface area (Å²) >= 11 is 14.1. The van der Waals surface area contributed by atoms with Crippen LogP contribution in [0.1, 0.15) is 5.56 Å². The van der Waals surface area contributed by atoms with Crippen LogP contribution in [0.5, 0.6) is 0 Å². The molecule has 156 valence electrons. The van der Waals surface area contributed by atoms with Crippen molar-refractivity contribution in [3.05, 3.63) is 60.4 Å². The van der Waals surface area contributed by atoms with E-state index in [0.717, 1.165) is 23.1 Å². The van der Waals surface area contributed by atoms with Crippen LogP contribution in [0.3, 0.4) is 0 Å². The summed E-state index contributed by atoms with van der Waals surface area (Å²) < 4.78 is 1.69. The molecule has 1 aliphatic heterocycles. The maximum absolute atomic E-state index is 8.85. The van der Waals surface area contributed by atoms with Gasteiger partial charge in [-0.05, 0) is 23.8 Å². The van der Waals surface area contributed by atoms with E-state index < -0.39 is 0 Å². The summed E-state index contributed by atoms with van der Waals surface area (Å²) in [6, 6.07) is 15.6. The minimum Gasteiger partial charge on any atom is -0.381 e. The third kappa shape index (κ3) is 11.7. The van der Waals surface area contributed by atoms with Crippen molar-refractivity contribution in [2.75, 3.05) is 6.07 Å². The van der Waals surface area contributed by atoms with Crippen LogP contribution in [-0.4, -0.2) is 32.0 Å². The van der Waals surface area contributed by atoms with Gasteiger partial charge in [0.1, 0.15) is 12.8 Å². The van der Waals surface area contributed by atoms with E-state index in [4.69, 9.17) is 10.2 Å². The number of para-hydroxylation sites is 3. The number of alkyl halides is 1. The number of benzene rings is 2. The number of aliphatic imine (C=N–C) groups is 1. The maximum atomic E-state index is 8.85. The minimum atomic E-state index is -0.278. The number of nitrogens with zero attached hydrogens (tertiary/aromatic N) is 3. The molecule has 0 aliphatic carbocycles. The van der Waals surface area contributed by atoms with Crippen molar-refractivity contribution in [3.63, 3.8) is 0 Å². The number of aromatic nitrogens is 2. The number of hydrogen-bond acceptors (Lipinski definition) is 4. The second-order valence-electron chi connectivity index (χ2n) is 4.66. The maximum Gasteiger partial charge on any atom is 0.121 e. The van der Waals surface area contributed by atoms with E-state index in [-0.39, 0.29) is 12.8 Å². The smallest absolute Gasteiger partial charge is 0.121 e. The molecule has 0 amide bonds. The summed E-state index contributed by atoms with van der Waals surface area (Å²) in [6.07, 6.45) is 4.59. The average molecular weight is 966 g/mol. The molecule has 4 rings (SSSR count). The van der Waals surface area contributed by atoms with E-state index >= 15 is 0 Å². The second-order valence-corrected chi connectivity index (χ2v) is 21.1. The largest absolute Gasteiger partial charge is 0.381 e. The van der Waals surface area contributed by atoms with Crippen molar-refractivity contribution in [1.82, 2.24) is 9.55 Å². The van der Waals surface area contributed by atoms with E-state index in [0.29, 0.717) is 13.3 Å². The molecule has 2 N–H and O–H groups in total. The van der Waals surface area contributed by atoms with Gasteiger partial charge in [-0.2, -0.15) is 0 Å². The summed E-state index contributed by atoms with van der Waals surface area (Å²) in [4.78, 5) is 8.27. The molecule has 11 heteroatoms. The Morgan fingerprint density at radius 1 is 1.04 bits per heavy atom. The molecule has 0 saturated heterocycles. The number of halogens is 6. The fraction of sp³-hybridized carbons (Fsp3) is 0.176. The number of aliphatic hydroxyl groups excluding tert-OH is 2. The van der Waals surface area contributed by atoms with Crippen LogP contribution in [0.2, 0.25) is 0 Å². The fourth-order valence-electron chi connectivity index (χ4n) is 2.17. The first-order valence-corrected chi connectivity index (χ1v) is 26.9. The molecule has 28 heavy (non-hydrogen) atoms. The van der Waals surface area contributed by atoms with Crippen molar-refractivity contribution < 1.29 is 23.5 Å². The van der Waals surface area contributed by atoms with Gasteiger partial charge in [0.15, 0.2) is 0 Å². The normalized spacial score (nSPS) is 10.2. The number of fused-ring (bicyclic) bond motifs is 2. The molecule has 1 aromatic heterocycles. The quantitative estimate of drug-likeness (QED) is 0.290. The molecular formula is C17H18ClI5N3O2-. The van der Waals surface area contributed by atoms with Crippen LogP contribution >= 0.6 is 86.1 Å². The van der Waals surface area contributed by atoms with Crippen LogP contribution in [0.15, 0.2) is 59.9 Å². The first kappa shape index (κ1) is 29.4. The zero-order chi connectivity index (χ0) is 21.2. The molecule has 2 heterocycles. The third-order valence-electron chi connectivity index (χ3n) is 3.21. The van der Waals surface area contributed by atoms with E-state index in [9.17, 15) is 0 Å². The van der Waals surface area contributed by atoms with Gasteiger partial charge in [0.05, 0.1) is 23.0 Å². The molecule has 3 aromatic rings. The van der Waals surface area contributed by atoms with E-state index in [1.807, 2.05) is 48.7 Å². The topological polar surface area (TPSA) is 70.6 Å². The number of rotatable bonds is 1. The Hall–Kier alpha value is 1.44. The Labute approximate surface area is 223 Å². The zero-order valence-corrected chi connectivity index (χ0v) is 25.9. The standard InChI is InChI=1S/C8H8N2O.C8H7N.CH3ClO.I3.I2/c11-6-10-5-9-7-3-1-2-4-8(7)10;1-2-4-8-7(3-1)5-6-9-8;2-1-3;1-3-2;1-2/h1-5,11H,6H2;1-4,6H,5H2;3H,1H2;;/q;;;-1;. The molecule has 5 nitrogen and oxygen atoms in total. The molecule has 0 spiro atoms. The van der Waals surface area contributed by atoms with Crippen molar-refractivity contribution >= 4 is 109 Å². The fourth-order valence-corrected chi connectivity index (χ4v) is 2.17. The first-order valence-electron chi connectivity index (χ1n) is 7.51. The molecule has 0 fully saturated rings. The van der Waals surface area contributed by atoms with Gasteiger partial charge in [0, 0.05) is 49.9 Å². The molecule has 2 aromatic carbocycles. The Balaban J connectivity index is 0.000000386. The Morgan fingerprint density at radius 3 is 2.21 bits per heavy atom. The van der Waals surface area contributed by atoms with Gasteiger partial charge in [-0.1, -0.05) is 41.9 Å². The summed E-state index contributed by atoms with van der Waals surface area (Å²) in [5.74, 6) is 0. The molecule has 0 atom stereocenters. The molecule has 0 bridgehead atoms. The molecule has 0 radical (unpaired) electrons. The van der Waals surface area contributed by atoms with Crippen molar-refractivity contribution in [2.24, 2.45) is 4.99 Å². The minimum absolute atomic E-state index is 0.0134. The van der Waals surface area contributed by atoms with Crippen molar-refractivity contribution in [1.29, 1.82) is 0 Å². The number of hydrogen-bond donors (Lipinski definition) is 2. The number of aliphatic hydroxyl groups is 2. The monoisotopic (exact) mass is 966 g/mol. The van der Waals surface area contributed by atoms with E-state index in [1.54, 1.807) is 10.9 Å². The van der Waals surface area contributed by atoms with Crippen LogP contribution < -0.4 is 13.3 Å². The van der Waals surface area contributed by atoms with Crippen molar-refractivity contribution in [2.45, 2.75) is 13.2 Å². The Bertz CT molecular complexity index is 803. The van der Waals surface area contributed by atoms with E-state index in [1.165, 1.54) is 5.56 Å². The van der Waals surface area contributed by atoms with Gasteiger partial charge in [-0.15, -0.1) is 0 Å². The second kappa shape index (κ2) is 20.3. The number of imidazole rings is 1. The summed E-state index contributed by atoms with van der Waals surface area (Å²) in [7, 11) is 0. The van der Waals surface area contributed by atoms with Crippen LogP contribution in [0, 0.1) is 0 Å². The Kier molecular flexibility index (Phi) is 21.4. The summed E-state index contributed by atoms with van der Waals surface area (Å²) in [6.45, 7) is -0.0134. The molecule has 0 saturated carbocycles. The predicted octanol–water partition coefficient (Wildman–Crippen LogP) is 3.65. The van der Waals surface area contributed by atoms with Crippen LogP contribution in [0.25, 0.3) is 11.0 Å².